The van der Waals surface area contributed by atoms with E-state index in [-0.39, 0.29) is 23.5 Å². The van der Waals surface area contributed by atoms with Crippen molar-refractivity contribution >= 4 is 81.9 Å². The predicted octanol–water partition coefficient (Wildman–Crippen LogP) is 8.29. The summed E-state index contributed by atoms with van der Waals surface area (Å²) in [5.41, 5.74) is 12.3. The summed E-state index contributed by atoms with van der Waals surface area (Å²) in [6.45, 7) is 4.39. The molecule has 24 heteroatoms. The van der Waals surface area contributed by atoms with E-state index in [9.17, 15) is 8.78 Å². The zero-order chi connectivity index (χ0) is 49.5. The standard InChI is InChI=1S/2C24H21ClFN9O/c25-19-12-16(22-27-6-1-7-28-22)2-5-21(19)32-18-4-3-17(29-13-18)14-31-34-24-30-15-20(26)23(33-24)35-8-10-36-11-9-35;25-20-9-16(17-10-27-15-28-11-17)1-4-22(20)32-19-3-2-18(29-12-19)13-31-34-24-30-14-21(26)23(33-24)35-5-7-36-8-6-35/h1-7,12-15,32H,8-11H2,(H,30,33,34);1-4,9-15,32H,5-8H2,(H,30,33,34)/b31-14+;31-13+. The van der Waals surface area contributed by atoms with Crippen molar-refractivity contribution in [2.45, 2.75) is 0 Å². The molecule has 8 aromatic rings. The molecular weight excluding hydrogens is 970 g/mol. The van der Waals surface area contributed by atoms with Crippen LogP contribution in [-0.4, -0.2) is 115 Å². The summed E-state index contributed by atoms with van der Waals surface area (Å²) in [7, 11) is 0. The number of rotatable bonds is 14. The first-order valence-corrected chi connectivity index (χ1v) is 22.9. The van der Waals surface area contributed by atoms with Crippen molar-refractivity contribution in [1.82, 2.24) is 49.8 Å². The molecule has 20 nitrogen and oxygen atoms in total. The Kier molecular flexibility index (Phi) is 16.1. The van der Waals surface area contributed by atoms with Gasteiger partial charge in [-0.05, 0) is 66.2 Å². The maximum atomic E-state index is 14.2. The van der Waals surface area contributed by atoms with Gasteiger partial charge < -0.3 is 29.9 Å². The minimum Gasteiger partial charge on any atom is -0.378 e. The second kappa shape index (κ2) is 23.9. The number of halogens is 4. The van der Waals surface area contributed by atoms with Gasteiger partial charge in [0.2, 0.25) is 11.9 Å². The molecule has 0 saturated carbocycles. The number of pyridine rings is 2. The number of hydrogen-bond donors (Lipinski definition) is 4. The Morgan fingerprint density at radius 3 is 1.50 bits per heavy atom. The van der Waals surface area contributed by atoms with Crippen LogP contribution >= 0.6 is 23.2 Å². The van der Waals surface area contributed by atoms with Crippen molar-refractivity contribution in [2.24, 2.45) is 10.2 Å². The fourth-order valence-corrected chi connectivity index (χ4v) is 7.46. The Balaban J connectivity index is 0.000000178. The van der Waals surface area contributed by atoms with Crippen LogP contribution in [0.4, 0.5) is 55.1 Å². The average molecular weight is 1010 g/mol. The van der Waals surface area contributed by atoms with E-state index in [2.05, 4.69) is 81.5 Å². The fraction of sp³-hybridized carbons (Fsp3) is 0.167. The highest BCUT2D eigenvalue weighted by atomic mass is 35.5. The van der Waals surface area contributed by atoms with E-state index in [1.54, 1.807) is 61.4 Å². The van der Waals surface area contributed by atoms with Crippen molar-refractivity contribution in [3.8, 4) is 22.5 Å². The van der Waals surface area contributed by atoms with Gasteiger partial charge in [-0.2, -0.15) is 20.2 Å². The van der Waals surface area contributed by atoms with Gasteiger partial charge in [-0.25, -0.2) is 49.5 Å². The van der Waals surface area contributed by atoms with Crippen LogP contribution in [0.1, 0.15) is 11.4 Å². The van der Waals surface area contributed by atoms with Crippen LogP contribution in [0.5, 0.6) is 0 Å². The summed E-state index contributed by atoms with van der Waals surface area (Å²) < 4.78 is 38.9. The number of ether oxygens (including phenoxy) is 2. The van der Waals surface area contributed by atoms with Gasteiger partial charge in [-0.3, -0.25) is 9.97 Å². The summed E-state index contributed by atoms with van der Waals surface area (Å²) in [5, 5.41) is 15.8. The predicted molar refractivity (Wildman–Crippen MR) is 272 cm³/mol. The van der Waals surface area contributed by atoms with E-state index in [0.29, 0.717) is 79.9 Å². The number of nitrogens with zero attached hydrogens (tertiary/aromatic N) is 14. The molecule has 2 aliphatic heterocycles. The van der Waals surface area contributed by atoms with Crippen LogP contribution in [0.3, 0.4) is 0 Å². The maximum Gasteiger partial charge on any atom is 0.245 e. The lowest BCUT2D eigenvalue weighted by Crippen LogP contribution is -2.37. The molecule has 8 heterocycles. The quantitative estimate of drug-likeness (QED) is 0.0593. The van der Waals surface area contributed by atoms with Crippen LogP contribution in [0.2, 0.25) is 10.0 Å². The minimum absolute atomic E-state index is 0.187. The van der Waals surface area contributed by atoms with E-state index in [4.69, 9.17) is 32.7 Å². The molecule has 4 N–H and O–H groups in total. The molecule has 72 heavy (non-hydrogen) atoms. The first-order chi connectivity index (χ1) is 35.3. The van der Waals surface area contributed by atoms with Crippen molar-refractivity contribution in [3.05, 3.63) is 156 Å². The molecule has 2 fully saturated rings. The summed E-state index contributed by atoms with van der Waals surface area (Å²) in [6.07, 6.45) is 16.9. The van der Waals surface area contributed by atoms with Gasteiger partial charge in [0.15, 0.2) is 29.1 Å². The topological polar surface area (TPSA) is 227 Å². The zero-order valence-corrected chi connectivity index (χ0v) is 39.5. The van der Waals surface area contributed by atoms with Gasteiger partial charge in [0.05, 0.1) is 108 Å². The van der Waals surface area contributed by atoms with Crippen LogP contribution in [0.15, 0.2) is 133 Å². The van der Waals surface area contributed by atoms with Gasteiger partial charge in [0.1, 0.15) is 6.33 Å². The fourth-order valence-electron chi connectivity index (χ4n) is 7.00. The van der Waals surface area contributed by atoms with Gasteiger partial charge in [-0.15, -0.1) is 0 Å². The number of anilines is 8. The summed E-state index contributed by atoms with van der Waals surface area (Å²) >= 11 is 12.9. The molecule has 0 bridgehead atoms. The third-order valence-electron chi connectivity index (χ3n) is 10.6. The molecule has 2 aliphatic rings. The van der Waals surface area contributed by atoms with Crippen LogP contribution in [0, 0.1) is 11.6 Å². The van der Waals surface area contributed by atoms with Crippen LogP contribution in [-0.2, 0) is 9.47 Å². The molecule has 10 rings (SSSR count). The number of hydrogen-bond acceptors (Lipinski definition) is 20. The van der Waals surface area contributed by atoms with Crippen molar-refractivity contribution in [3.63, 3.8) is 0 Å². The molecule has 364 valence electrons. The lowest BCUT2D eigenvalue weighted by atomic mass is 10.1. The average Bonchev–Trinajstić information content (AvgIpc) is 3.43. The molecule has 2 saturated heterocycles. The second-order valence-electron chi connectivity index (χ2n) is 15.5. The normalized spacial score (nSPS) is 13.7. The van der Waals surface area contributed by atoms with Crippen LogP contribution in [0.25, 0.3) is 22.5 Å². The molecule has 0 spiro atoms. The molecule has 0 radical (unpaired) electrons. The summed E-state index contributed by atoms with van der Waals surface area (Å²) in [4.78, 5) is 45.3. The largest absolute Gasteiger partial charge is 0.378 e. The number of hydrazone groups is 2. The van der Waals surface area contributed by atoms with Gasteiger partial charge in [0.25, 0.3) is 0 Å². The number of benzene rings is 2. The van der Waals surface area contributed by atoms with Gasteiger partial charge >= 0.3 is 0 Å². The molecule has 0 amide bonds. The Bertz CT molecular complexity index is 2910. The minimum atomic E-state index is -0.487. The first kappa shape index (κ1) is 48.6. The van der Waals surface area contributed by atoms with Gasteiger partial charge in [0, 0.05) is 62.1 Å². The Morgan fingerprint density at radius 2 is 1.03 bits per heavy atom. The zero-order valence-electron chi connectivity index (χ0n) is 37.9. The number of morpholine rings is 2. The highest BCUT2D eigenvalue weighted by Crippen LogP contribution is 2.31. The third kappa shape index (κ3) is 13.0. The SMILES string of the molecule is Fc1cnc(N/N=C/c2ccc(Nc3ccc(-c4cncnc4)cc3Cl)cn2)nc1N1CCOCC1.Fc1cnc(N/N=C/c2ccc(Nc3ccc(-c4ncccn4)cc3Cl)cn2)nc1N1CCOCC1. The number of aromatic nitrogens is 10. The first-order valence-electron chi connectivity index (χ1n) is 22.2. The van der Waals surface area contributed by atoms with Crippen molar-refractivity contribution < 1.29 is 18.3 Å². The molecular formula is C48H42Cl2F2N18O2. The smallest absolute Gasteiger partial charge is 0.245 e. The van der Waals surface area contributed by atoms with Gasteiger partial charge in [-0.1, -0.05) is 29.3 Å². The maximum absolute atomic E-state index is 14.2. The highest BCUT2D eigenvalue weighted by molar-refractivity contribution is 6.34. The van der Waals surface area contributed by atoms with E-state index in [1.165, 1.54) is 18.8 Å². The van der Waals surface area contributed by atoms with E-state index < -0.39 is 11.6 Å². The monoisotopic (exact) mass is 1010 g/mol. The van der Waals surface area contributed by atoms with E-state index in [1.807, 2.05) is 52.3 Å². The highest BCUT2D eigenvalue weighted by Gasteiger charge is 2.19. The second-order valence-corrected chi connectivity index (χ2v) is 16.3. The molecule has 0 atom stereocenters. The van der Waals surface area contributed by atoms with Crippen LogP contribution < -0.4 is 31.3 Å². The van der Waals surface area contributed by atoms with Crippen molar-refractivity contribution in [1.29, 1.82) is 0 Å². The summed E-state index contributed by atoms with van der Waals surface area (Å²) in [6, 6.07) is 20.3. The molecule has 2 aromatic carbocycles. The Morgan fingerprint density at radius 1 is 0.542 bits per heavy atom. The Hall–Kier alpha value is -8.44. The summed E-state index contributed by atoms with van der Waals surface area (Å²) in [5.74, 6) is 0.456. The molecule has 6 aromatic heterocycles. The lowest BCUT2D eigenvalue weighted by Gasteiger charge is -2.27. The van der Waals surface area contributed by atoms with Crippen molar-refractivity contribution in [2.75, 3.05) is 83.9 Å². The Labute approximate surface area is 420 Å². The van der Waals surface area contributed by atoms with E-state index in [0.717, 1.165) is 51.8 Å². The van der Waals surface area contributed by atoms with E-state index >= 15 is 0 Å². The molecule has 0 aliphatic carbocycles. The number of nitrogens with one attached hydrogen (secondary N) is 4. The lowest BCUT2D eigenvalue weighted by molar-refractivity contribution is 0.122. The molecule has 0 unspecified atom stereocenters. The third-order valence-corrected chi connectivity index (χ3v) is 11.2.